The molecule has 2 aromatic rings. The molecule has 0 spiro atoms. The zero-order valence-electron chi connectivity index (χ0n) is 17.3. The molecule has 1 saturated heterocycles. The number of carboxylic acids is 2. The minimum atomic E-state index is -1.82. The number of hydrogen-bond acceptors (Lipinski definition) is 6. The van der Waals surface area contributed by atoms with Gasteiger partial charge in [-0.3, -0.25) is 4.90 Å². The Hall–Kier alpha value is -2.62. The van der Waals surface area contributed by atoms with Crippen molar-refractivity contribution in [1.82, 2.24) is 10.2 Å². The molecular weight excluding hydrogens is 468 g/mol. The number of carbonyl (C=O) groups is 2. The van der Waals surface area contributed by atoms with Gasteiger partial charge in [-0.25, -0.2) is 9.59 Å². The molecule has 0 amide bonds. The van der Waals surface area contributed by atoms with Crippen molar-refractivity contribution >= 4 is 27.9 Å². The maximum absolute atomic E-state index is 9.86. The third-order valence-electron chi connectivity index (χ3n) is 4.78. The Morgan fingerprint density at radius 2 is 1.55 bits per heavy atom. The quantitative estimate of drug-likeness (QED) is 0.433. The Morgan fingerprint density at radius 3 is 2.10 bits per heavy atom. The molecule has 0 bridgehead atoms. The van der Waals surface area contributed by atoms with E-state index in [1.165, 1.54) is 37.1 Å². The lowest BCUT2D eigenvalue weighted by atomic mass is 10.1. The number of halogens is 1. The summed E-state index contributed by atoms with van der Waals surface area (Å²) in [6, 6.07) is 12.6. The fourth-order valence-electron chi connectivity index (χ4n) is 3.20. The van der Waals surface area contributed by atoms with Gasteiger partial charge in [0.15, 0.2) is 11.5 Å². The van der Waals surface area contributed by atoms with Gasteiger partial charge in [-0.05, 0) is 70.7 Å². The van der Waals surface area contributed by atoms with Crippen LogP contribution in [0.4, 0.5) is 0 Å². The standard InChI is InChI=1S/C20H25BrN2O2.C2H2O4/c1-25-19-11-17(10-18(21)20(19)24)13-22-12-15-4-6-16(7-5-15)14-23-8-2-3-9-23;3-1(4)2(5)6/h4-7,10-11,22,24H,2-3,8-9,12-14H2,1H3;(H,3,4)(H,5,6). The number of aromatic hydroxyl groups is 1. The van der Waals surface area contributed by atoms with E-state index in [0.717, 1.165) is 18.7 Å². The zero-order valence-corrected chi connectivity index (χ0v) is 18.9. The van der Waals surface area contributed by atoms with E-state index >= 15 is 0 Å². The molecule has 31 heavy (non-hydrogen) atoms. The number of methoxy groups -OCH3 is 1. The smallest absolute Gasteiger partial charge is 0.414 e. The summed E-state index contributed by atoms with van der Waals surface area (Å²) < 4.78 is 5.84. The van der Waals surface area contributed by atoms with Crippen LogP contribution in [0.3, 0.4) is 0 Å². The lowest BCUT2D eigenvalue weighted by Gasteiger charge is -2.15. The van der Waals surface area contributed by atoms with Gasteiger partial charge in [0.2, 0.25) is 0 Å². The second kappa shape index (κ2) is 12.3. The van der Waals surface area contributed by atoms with Crippen molar-refractivity contribution in [2.24, 2.45) is 0 Å². The molecule has 0 radical (unpaired) electrons. The molecule has 1 aliphatic heterocycles. The molecule has 2 aromatic carbocycles. The van der Waals surface area contributed by atoms with Gasteiger partial charge in [0, 0.05) is 19.6 Å². The Labute approximate surface area is 189 Å². The van der Waals surface area contributed by atoms with Crippen LogP contribution in [0.2, 0.25) is 0 Å². The second-order valence-electron chi connectivity index (χ2n) is 7.14. The molecule has 0 saturated carbocycles. The molecule has 0 unspecified atom stereocenters. The highest BCUT2D eigenvalue weighted by Gasteiger charge is 2.11. The monoisotopic (exact) mass is 494 g/mol. The van der Waals surface area contributed by atoms with Crippen LogP contribution < -0.4 is 10.1 Å². The number of carboxylic acid groups (broad SMARTS) is 2. The van der Waals surface area contributed by atoms with Gasteiger partial charge in [-0.1, -0.05) is 24.3 Å². The van der Waals surface area contributed by atoms with E-state index in [9.17, 15) is 5.11 Å². The first-order chi connectivity index (χ1) is 14.8. The minimum absolute atomic E-state index is 0.139. The number of rotatable bonds is 7. The highest BCUT2D eigenvalue weighted by molar-refractivity contribution is 9.10. The predicted molar refractivity (Wildman–Crippen MR) is 119 cm³/mol. The maximum atomic E-state index is 9.86. The first-order valence-corrected chi connectivity index (χ1v) is 10.6. The van der Waals surface area contributed by atoms with Crippen molar-refractivity contribution in [3.63, 3.8) is 0 Å². The molecule has 4 N–H and O–H groups in total. The van der Waals surface area contributed by atoms with Crippen LogP contribution >= 0.6 is 15.9 Å². The summed E-state index contributed by atoms with van der Waals surface area (Å²) in [7, 11) is 1.56. The van der Waals surface area contributed by atoms with Crippen molar-refractivity contribution in [2.75, 3.05) is 20.2 Å². The summed E-state index contributed by atoms with van der Waals surface area (Å²) in [5.74, 6) is -3.03. The van der Waals surface area contributed by atoms with Gasteiger partial charge in [0.05, 0.1) is 11.6 Å². The molecular formula is C22H27BrN2O6. The van der Waals surface area contributed by atoms with Crippen molar-refractivity contribution in [3.05, 3.63) is 57.6 Å². The van der Waals surface area contributed by atoms with Crippen LogP contribution in [-0.4, -0.2) is 52.4 Å². The fraction of sp³-hybridized carbons (Fsp3) is 0.364. The van der Waals surface area contributed by atoms with Gasteiger partial charge >= 0.3 is 11.9 Å². The van der Waals surface area contributed by atoms with Crippen LogP contribution in [-0.2, 0) is 29.2 Å². The number of hydrogen-bond donors (Lipinski definition) is 4. The highest BCUT2D eigenvalue weighted by Crippen LogP contribution is 2.35. The van der Waals surface area contributed by atoms with E-state index in [0.29, 0.717) is 16.8 Å². The maximum Gasteiger partial charge on any atom is 0.414 e. The molecule has 168 valence electrons. The summed E-state index contributed by atoms with van der Waals surface area (Å²) in [5, 5.41) is 28.1. The first kappa shape index (κ1) is 24.6. The first-order valence-electron chi connectivity index (χ1n) is 9.82. The topological polar surface area (TPSA) is 119 Å². The number of phenolic OH excluding ortho intramolecular Hbond substituents is 1. The zero-order chi connectivity index (χ0) is 22.8. The van der Waals surface area contributed by atoms with Gasteiger partial charge in [-0.15, -0.1) is 0 Å². The van der Waals surface area contributed by atoms with Crippen LogP contribution in [0.5, 0.6) is 11.5 Å². The molecule has 1 fully saturated rings. The van der Waals surface area contributed by atoms with E-state index in [2.05, 4.69) is 50.4 Å². The minimum Gasteiger partial charge on any atom is -0.503 e. The van der Waals surface area contributed by atoms with Crippen LogP contribution in [0.1, 0.15) is 29.5 Å². The Kier molecular flexibility index (Phi) is 9.77. The van der Waals surface area contributed by atoms with Gasteiger partial charge in [0.25, 0.3) is 0 Å². The Balaban J connectivity index is 0.000000501. The molecule has 9 heteroatoms. The molecule has 0 aliphatic carbocycles. The second-order valence-corrected chi connectivity index (χ2v) is 8.00. The predicted octanol–water partition coefficient (Wildman–Crippen LogP) is 3.20. The Bertz CT molecular complexity index is 870. The van der Waals surface area contributed by atoms with E-state index < -0.39 is 11.9 Å². The molecule has 0 atom stereocenters. The Morgan fingerprint density at radius 1 is 1.00 bits per heavy atom. The number of nitrogens with one attached hydrogen (secondary N) is 1. The van der Waals surface area contributed by atoms with E-state index in [1.54, 1.807) is 7.11 Å². The fourth-order valence-corrected chi connectivity index (χ4v) is 3.69. The average molecular weight is 495 g/mol. The number of benzene rings is 2. The number of likely N-dealkylation sites (tertiary alicyclic amines) is 1. The van der Waals surface area contributed by atoms with Crippen molar-refractivity contribution in [2.45, 2.75) is 32.5 Å². The number of ether oxygens (including phenoxy) is 1. The third kappa shape index (κ3) is 8.20. The van der Waals surface area contributed by atoms with Crippen molar-refractivity contribution < 1.29 is 29.6 Å². The molecule has 0 aromatic heterocycles. The SMILES string of the molecule is COc1cc(CNCc2ccc(CN3CCCC3)cc2)cc(Br)c1O.O=C(O)C(=O)O. The number of nitrogens with zero attached hydrogens (tertiary/aromatic N) is 1. The van der Waals surface area contributed by atoms with E-state index in [-0.39, 0.29) is 5.75 Å². The largest absolute Gasteiger partial charge is 0.503 e. The normalized spacial score (nSPS) is 13.4. The lowest BCUT2D eigenvalue weighted by molar-refractivity contribution is -0.159. The molecule has 1 heterocycles. The van der Waals surface area contributed by atoms with Crippen LogP contribution in [0.15, 0.2) is 40.9 Å². The average Bonchev–Trinajstić information content (AvgIpc) is 3.25. The summed E-state index contributed by atoms with van der Waals surface area (Å²) in [4.78, 5) is 20.7. The lowest BCUT2D eigenvalue weighted by Crippen LogP contribution is -2.18. The van der Waals surface area contributed by atoms with E-state index in [1.807, 2.05) is 12.1 Å². The van der Waals surface area contributed by atoms with Gasteiger partial charge in [-0.2, -0.15) is 0 Å². The van der Waals surface area contributed by atoms with Crippen molar-refractivity contribution in [1.29, 1.82) is 0 Å². The highest BCUT2D eigenvalue weighted by atomic mass is 79.9. The summed E-state index contributed by atoms with van der Waals surface area (Å²) in [6.45, 7) is 5.05. The van der Waals surface area contributed by atoms with E-state index in [4.69, 9.17) is 24.5 Å². The molecule has 1 aliphatic rings. The van der Waals surface area contributed by atoms with Gasteiger partial charge < -0.3 is 25.4 Å². The van der Waals surface area contributed by atoms with Crippen molar-refractivity contribution in [3.8, 4) is 11.5 Å². The summed E-state index contributed by atoms with van der Waals surface area (Å²) in [6.07, 6.45) is 2.67. The third-order valence-corrected chi connectivity index (χ3v) is 5.38. The number of phenols is 1. The summed E-state index contributed by atoms with van der Waals surface area (Å²) >= 11 is 3.36. The number of aliphatic carboxylic acids is 2. The molecule has 8 nitrogen and oxygen atoms in total. The van der Waals surface area contributed by atoms with Crippen LogP contribution in [0, 0.1) is 0 Å². The summed E-state index contributed by atoms with van der Waals surface area (Å²) in [5.41, 5.74) is 3.72. The van der Waals surface area contributed by atoms with Crippen LogP contribution in [0.25, 0.3) is 0 Å². The molecule has 3 rings (SSSR count). The van der Waals surface area contributed by atoms with Gasteiger partial charge in [0.1, 0.15) is 0 Å².